The van der Waals surface area contributed by atoms with E-state index in [1.165, 1.54) is 0 Å². The molecule has 88 valence electrons. The van der Waals surface area contributed by atoms with Crippen LogP contribution in [-0.2, 0) is 0 Å². The predicted molar refractivity (Wildman–Crippen MR) is 64.7 cm³/mol. The number of aromatic nitrogens is 2. The number of pyridine rings is 1. The van der Waals surface area contributed by atoms with Crippen molar-refractivity contribution in [2.75, 3.05) is 11.9 Å². The van der Waals surface area contributed by atoms with Crippen molar-refractivity contribution in [3.63, 3.8) is 0 Å². The fraction of sp³-hybridized carbons (Fsp3) is 0.333. The molecular formula is C12H14N4O. The molecule has 2 aromatic rings. The molecule has 0 aliphatic heterocycles. The first-order valence-electron chi connectivity index (χ1n) is 5.54. The Bertz CT molecular complexity index is 551. The normalized spacial score (nSPS) is 12.3. The Kier molecular flexibility index (Phi) is 3.26. The van der Waals surface area contributed by atoms with Gasteiger partial charge in [-0.2, -0.15) is 5.26 Å². The summed E-state index contributed by atoms with van der Waals surface area (Å²) in [6, 6.07) is 7.61. The molecule has 0 radical (unpaired) electrons. The predicted octanol–water partition coefficient (Wildman–Crippen LogP) is 1.39. The van der Waals surface area contributed by atoms with E-state index in [1.54, 1.807) is 10.6 Å². The van der Waals surface area contributed by atoms with Gasteiger partial charge < -0.3 is 10.4 Å². The van der Waals surface area contributed by atoms with Gasteiger partial charge in [0, 0.05) is 6.20 Å². The van der Waals surface area contributed by atoms with Gasteiger partial charge in [-0.15, -0.1) is 0 Å². The van der Waals surface area contributed by atoms with E-state index in [-0.39, 0.29) is 12.6 Å². The third-order valence-corrected chi connectivity index (χ3v) is 2.69. The van der Waals surface area contributed by atoms with Crippen molar-refractivity contribution >= 4 is 11.5 Å². The van der Waals surface area contributed by atoms with Crippen LogP contribution in [-0.4, -0.2) is 27.1 Å². The third-order valence-electron chi connectivity index (χ3n) is 2.69. The Morgan fingerprint density at radius 3 is 3.06 bits per heavy atom. The number of nitriles is 1. The van der Waals surface area contributed by atoms with Crippen molar-refractivity contribution in [1.29, 1.82) is 5.26 Å². The van der Waals surface area contributed by atoms with Gasteiger partial charge in [0.15, 0.2) is 11.5 Å². The van der Waals surface area contributed by atoms with Crippen molar-refractivity contribution < 1.29 is 5.11 Å². The Morgan fingerprint density at radius 1 is 1.59 bits per heavy atom. The summed E-state index contributed by atoms with van der Waals surface area (Å²) >= 11 is 0. The topological polar surface area (TPSA) is 73.3 Å². The van der Waals surface area contributed by atoms with E-state index in [1.807, 2.05) is 25.1 Å². The molecule has 0 aromatic carbocycles. The zero-order valence-electron chi connectivity index (χ0n) is 9.59. The molecule has 0 saturated heterocycles. The highest BCUT2D eigenvalue weighted by Crippen LogP contribution is 2.17. The van der Waals surface area contributed by atoms with Crippen molar-refractivity contribution in [2.24, 2.45) is 0 Å². The minimum absolute atomic E-state index is 0.0231. The highest BCUT2D eigenvalue weighted by Gasteiger charge is 2.14. The zero-order chi connectivity index (χ0) is 12.3. The zero-order valence-corrected chi connectivity index (χ0v) is 9.59. The first kappa shape index (κ1) is 11.4. The quantitative estimate of drug-likeness (QED) is 0.832. The molecule has 2 N–H and O–H groups in total. The lowest BCUT2D eigenvalue weighted by Crippen LogP contribution is -2.23. The molecule has 0 fully saturated rings. The lowest BCUT2D eigenvalue weighted by molar-refractivity contribution is 0.271. The van der Waals surface area contributed by atoms with E-state index in [2.05, 4.69) is 16.4 Å². The van der Waals surface area contributed by atoms with E-state index in [0.29, 0.717) is 11.5 Å². The summed E-state index contributed by atoms with van der Waals surface area (Å²) in [6.07, 6.45) is 2.57. The van der Waals surface area contributed by atoms with Crippen LogP contribution in [0.5, 0.6) is 0 Å². The highest BCUT2D eigenvalue weighted by molar-refractivity contribution is 5.59. The first-order chi connectivity index (χ1) is 8.30. The second-order valence-electron chi connectivity index (χ2n) is 3.78. The number of hydrogen-bond acceptors (Lipinski definition) is 4. The summed E-state index contributed by atoms with van der Waals surface area (Å²) in [4.78, 5) is 4.34. The second-order valence-corrected chi connectivity index (χ2v) is 3.78. The summed E-state index contributed by atoms with van der Waals surface area (Å²) in [6.45, 7) is 1.99. The van der Waals surface area contributed by atoms with Crippen LogP contribution in [0, 0.1) is 11.3 Å². The number of aliphatic hydroxyl groups excluding tert-OH is 1. The molecule has 0 spiro atoms. The number of imidazole rings is 1. The number of fused-ring (bicyclic) bond motifs is 1. The Balaban J connectivity index is 2.44. The van der Waals surface area contributed by atoms with E-state index >= 15 is 0 Å². The molecule has 0 aliphatic rings. The van der Waals surface area contributed by atoms with Crippen LogP contribution in [0.25, 0.3) is 5.65 Å². The molecule has 0 bridgehead atoms. The molecule has 2 aromatic heterocycles. The van der Waals surface area contributed by atoms with Crippen LogP contribution in [0.1, 0.15) is 19.0 Å². The molecule has 2 rings (SSSR count). The molecule has 0 saturated carbocycles. The van der Waals surface area contributed by atoms with Crippen LogP contribution in [0.2, 0.25) is 0 Å². The highest BCUT2D eigenvalue weighted by atomic mass is 16.3. The Labute approximate surface area is 99.3 Å². The molecule has 0 amide bonds. The van der Waals surface area contributed by atoms with Gasteiger partial charge in [-0.1, -0.05) is 13.0 Å². The second kappa shape index (κ2) is 4.85. The maximum atomic E-state index is 9.15. The van der Waals surface area contributed by atoms with E-state index in [9.17, 15) is 0 Å². The maximum Gasteiger partial charge on any atom is 0.168 e. The van der Waals surface area contributed by atoms with Gasteiger partial charge in [-0.05, 0) is 18.6 Å². The fourth-order valence-electron chi connectivity index (χ4n) is 1.67. The van der Waals surface area contributed by atoms with Gasteiger partial charge in [0.2, 0.25) is 0 Å². The number of hydrogen-bond donors (Lipinski definition) is 2. The number of rotatable bonds is 4. The summed E-state index contributed by atoms with van der Waals surface area (Å²) in [5, 5.41) is 21.4. The molecule has 17 heavy (non-hydrogen) atoms. The van der Waals surface area contributed by atoms with E-state index < -0.39 is 0 Å². The lowest BCUT2D eigenvalue weighted by Gasteiger charge is -2.12. The number of nitrogens with one attached hydrogen (secondary N) is 1. The van der Waals surface area contributed by atoms with Crippen LogP contribution in [0.4, 0.5) is 5.82 Å². The van der Waals surface area contributed by atoms with Crippen LogP contribution < -0.4 is 5.32 Å². The molecule has 0 aliphatic carbocycles. The standard InChI is InChI=1S/C12H14N4O/c1-2-9(8-17)14-12-10(7-13)16-6-4-3-5-11(16)15-12/h3-6,9,14,17H,2,8H2,1H3/t9-/m0/s1. The molecule has 2 heterocycles. The van der Waals surface area contributed by atoms with Gasteiger partial charge >= 0.3 is 0 Å². The lowest BCUT2D eigenvalue weighted by atomic mass is 10.2. The molecule has 1 atom stereocenters. The average molecular weight is 230 g/mol. The van der Waals surface area contributed by atoms with Gasteiger partial charge in [0.25, 0.3) is 0 Å². The van der Waals surface area contributed by atoms with Crippen molar-refractivity contribution in [3.8, 4) is 6.07 Å². The van der Waals surface area contributed by atoms with Gasteiger partial charge in [-0.25, -0.2) is 4.98 Å². The summed E-state index contributed by atoms with van der Waals surface area (Å²) in [7, 11) is 0. The van der Waals surface area contributed by atoms with Crippen LogP contribution >= 0.6 is 0 Å². The minimum atomic E-state index is -0.0768. The summed E-state index contributed by atoms with van der Waals surface area (Å²) in [5.41, 5.74) is 1.19. The minimum Gasteiger partial charge on any atom is -0.394 e. The third kappa shape index (κ3) is 2.08. The smallest absolute Gasteiger partial charge is 0.168 e. The fourth-order valence-corrected chi connectivity index (χ4v) is 1.67. The summed E-state index contributed by atoms with van der Waals surface area (Å²) in [5.74, 6) is 0.527. The van der Waals surface area contributed by atoms with Gasteiger partial charge in [0.05, 0.1) is 12.6 Å². The van der Waals surface area contributed by atoms with E-state index in [0.717, 1.165) is 12.1 Å². The number of aliphatic hydroxyl groups is 1. The molecule has 5 heteroatoms. The van der Waals surface area contributed by atoms with Crippen molar-refractivity contribution in [1.82, 2.24) is 9.38 Å². The van der Waals surface area contributed by atoms with Gasteiger partial charge in [0.1, 0.15) is 11.7 Å². The number of anilines is 1. The van der Waals surface area contributed by atoms with E-state index in [4.69, 9.17) is 10.4 Å². The maximum absolute atomic E-state index is 9.15. The van der Waals surface area contributed by atoms with Crippen LogP contribution in [0.3, 0.4) is 0 Å². The molecular weight excluding hydrogens is 216 g/mol. The van der Waals surface area contributed by atoms with Gasteiger partial charge in [-0.3, -0.25) is 4.40 Å². The largest absolute Gasteiger partial charge is 0.394 e. The van der Waals surface area contributed by atoms with Crippen molar-refractivity contribution in [2.45, 2.75) is 19.4 Å². The molecule has 5 nitrogen and oxygen atoms in total. The Morgan fingerprint density at radius 2 is 2.41 bits per heavy atom. The van der Waals surface area contributed by atoms with Crippen LogP contribution in [0.15, 0.2) is 24.4 Å². The molecule has 0 unspecified atom stereocenters. The number of nitrogens with zero attached hydrogens (tertiary/aromatic N) is 3. The SMILES string of the molecule is CC[C@@H](CO)Nc1nc2ccccn2c1C#N. The average Bonchev–Trinajstić information content (AvgIpc) is 2.72. The first-order valence-corrected chi connectivity index (χ1v) is 5.54. The monoisotopic (exact) mass is 230 g/mol. The van der Waals surface area contributed by atoms with Crippen molar-refractivity contribution in [3.05, 3.63) is 30.1 Å². The Hall–Kier alpha value is -2.06. The summed E-state index contributed by atoms with van der Waals surface area (Å²) < 4.78 is 1.73.